The number of morpholine rings is 1. The van der Waals surface area contributed by atoms with Crippen molar-refractivity contribution in [3.05, 3.63) is 45.8 Å². The van der Waals surface area contributed by atoms with Gasteiger partial charge in [-0.2, -0.15) is 4.31 Å². The van der Waals surface area contributed by atoms with Crippen LogP contribution >= 0.6 is 11.3 Å². The average molecular weight is 495 g/mol. The Kier molecular flexibility index (Phi) is 7.90. The maximum absolute atomic E-state index is 13.1. The van der Waals surface area contributed by atoms with E-state index >= 15 is 0 Å². The number of hydrogen-bond donors (Lipinski definition) is 1. The third kappa shape index (κ3) is 5.44. The Balaban J connectivity index is 1.83. The molecule has 178 valence electrons. The van der Waals surface area contributed by atoms with Crippen LogP contribution in [0.1, 0.15) is 26.4 Å². The van der Waals surface area contributed by atoms with E-state index in [4.69, 9.17) is 14.2 Å². The third-order valence-corrected chi connectivity index (χ3v) is 8.26. The molecule has 1 amide bonds. The summed E-state index contributed by atoms with van der Waals surface area (Å²) in [6, 6.07) is 4.67. The zero-order valence-electron chi connectivity index (χ0n) is 18.8. The van der Waals surface area contributed by atoms with Gasteiger partial charge in [0.05, 0.1) is 33.0 Å². The molecule has 0 unspecified atom stereocenters. The van der Waals surface area contributed by atoms with Gasteiger partial charge in [0.25, 0.3) is 0 Å². The first-order valence-electron chi connectivity index (χ1n) is 10.1. The van der Waals surface area contributed by atoms with E-state index < -0.39 is 21.9 Å². The molecule has 2 aromatic rings. The van der Waals surface area contributed by atoms with Gasteiger partial charge in [-0.05, 0) is 43.2 Å². The number of hydrogen-bond acceptors (Lipinski definition) is 8. The molecular formula is C22H26N2O7S2. The standard InChI is InChI=1S/C22H26N2O7S2/c1-14-15(2)32-21(20(14)22(26)30-4)23-19(25)8-6-16-5-7-17(29-3)18(13-16)33(27,28)24-9-11-31-12-10-24/h5-8,13H,9-12H2,1-4H3,(H,23,25)/b8-6+. The van der Waals surface area contributed by atoms with Crippen LogP contribution in [-0.4, -0.2) is 65.1 Å². The number of methoxy groups -OCH3 is 2. The lowest BCUT2D eigenvalue weighted by Crippen LogP contribution is -2.40. The van der Waals surface area contributed by atoms with Crippen LogP contribution in [0.15, 0.2) is 29.2 Å². The van der Waals surface area contributed by atoms with E-state index in [1.807, 2.05) is 6.92 Å². The van der Waals surface area contributed by atoms with Crippen LogP contribution < -0.4 is 10.1 Å². The lowest BCUT2D eigenvalue weighted by molar-refractivity contribution is -0.111. The number of ether oxygens (including phenoxy) is 3. The second kappa shape index (κ2) is 10.5. The highest BCUT2D eigenvalue weighted by molar-refractivity contribution is 7.89. The van der Waals surface area contributed by atoms with Crippen LogP contribution in [0.5, 0.6) is 5.75 Å². The summed E-state index contributed by atoms with van der Waals surface area (Å²) in [5, 5.41) is 3.10. The molecule has 0 aliphatic carbocycles. The Bertz CT molecular complexity index is 1180. The number of thiophene rings is 1. The first-order chi connectivity index (χ1) is 15.7. The summed E-state index contributed by atoms with van der Waals surface area (Å²) in [7, 11) is -1.10. The minimum atomic E-state index is -3.79. The second-order valence-electron chi connectivity index (χ2n) is 7.23. The van der Waals surface area contributed by atoms with Gasteiger partial charge in [-0.1, -0.05) is 6.07 Å². The summed E-state index contributed by atoms with van der Waals surface area (Å²) in [5.74, 6) is -0.769. The Morgan fingerprint density at radius 1 is 1.18 bits per heavy atom. The zero-order chi connectivity index (χ0) is 24.2. The molecule has 1 fully saturated rings. The van der Waals surface area contributed by atoms with Crippen molar-refractivity contribution < 1.29 is 32.2 Å². The molecule has 11 heteroatoms. The van der Waals surface area contributed by atoms with Crippen molar-refractivity contribution in [2.45, 2.75) is 18.7 Å². The number of carbonyl (C=O) groups is 2. The molecule has 9 nitrogen and oxygen atoms in total. The van der Waals surface area contributed by atoms with E-state index in [2.05, 4.69) is 5.32 Å². The van der Waals surface area contributed by atoms with Gasteiger partial charge < -0.3 is 19.5 Å². The Morgan fingerprint density at radius 3 is 2.52 bits per heavy atom. The number of carbonyl (C=O) groups excluding carboxylic acids is 2. The molecule has 1 saturated heterocycles. The molecule has 1 aliphatic heterocycles. The lowest BCUT2D eigenvalue weighted by atomic mass is 10.1. The molecule has 0 radical (unpaired) electrons. The average Bonchev–Trinajstić information content (AvgIpc) is 3.10. The van der Waals surface area contributed by atoms with Gasteiger partial charge in [0.1, 0.15) is 15.6 Å². The van der Waals surface area contributed by atoms with Gasteiger partial charge >= 0.3 is 5.97 Å². The Morgan fingerprint density at radius 2 is 1.88 bits per heavy atom. The molecule has 1 aromatic heterocycles. The zero-order valence-corrected chi connectivity index (χ0v) is 20.5. The molecule has 2 heterocycles. The van der Waals surface area contributed by atoms with Crippen molar-refractivity contribution >= 4 is 44.3 Å². The number of nitrogens with zero attached hydrogens (tertiary/aromatic N) is 1. The van der Waals surface area contributed by atoms with Crippen molar-refractivity contribution in [3.8, 4) is 5.75 Å². The fourth-order valence-electron chi connectivity index (χ4n) is 3.31. The maximum Gasteiger partial charge on any atom is 0.341 e. The highest BCUT2D eigenvalue weighted by atomic mass is 32.2. The minimum Gasteiger partial charge on any atom is -0.495 e. The topological polar surface area (TPSA) is 111 Å². The number of esters is 1. The van der Waals surface area contributed by atoms with Crippen molar-refractivity contribution in [2.75, 3.05) is 45.8 Å². The number of benzene rings is 1. The molecule has 3 rings (SSSR count). The van der Waals surface area contributed by atoms with Crippen molar-refractivity contribution in [1.29, 1.82) is 0 Å². The van der Waals surface area contributed by atoms with E-state index in [0.29, 0.717) is 29.3 Å². The molecule has 0 bridgehead atoms. The van der Waals surface area contributed by atoms with E-state index in [1.54, 1.807) is 19.1 Å². The monoisotopic (exact) mass is 494 g/mol. The van der Waals surface area contributed by atoms with E-state index in [1.165, 1.54) is 48.1 Å². The largest absolute Gasteiger partial charge is 0.495 e. The molecule has 0 spiro atoms. The number of amides is 1. The Labute approximate surface area is 197 Å². The predicted octanol–water partition coefficient (Wildman–Crippen LogP) is 2.83. The normalized spacial score (nSPS) is 14.9. The first-order valence-corrected chi connectivity index (χ1v) is 12.4. The predicted molar refractivity (Wildman–Crippen MR) is 125 cm³/mol. The summed E-state index contributed by atoms with van der Waals surface area (Å²) in [6.07, 6.45) is 2.77. The van der Waals surface area contributed by atoms with E-state index in [0.717, 1.165) is 10.4 Å². The van der Waals surface area contributed by atoms with Gasteiger partial charge in [0, 0.05) is 24.0 Å². The van der Waals surface area contributed by atoms with E-state index in [-0.39, 0.29) is 23.7 Å². The molecule has 0 atom stereocenters. The van der Waals surface area contributed by atoms with Gasteiger partial charge in [-0.15, -0.1) is 11.3 Å². The van der Waals surface area contributed by atoms with Crippen LogP contribution in [0.2, 0.25) is 0 Å². The Hall–Kier alpha value is -2.73. The highest BCUT2D eigenvalue weighted by Gasteiger charge is 2.29. The highest BCUT2D eigenvalue weighted by Crippen LogP contribution is 2.33. The summed E-state index contributed by atoms with van der Waals surface area (Å²) >= 11 is 1.28. The number of sulfonamides is 1. The van der Waals surface area contributed by atoms with Gasteiger partial charge in [0.2, 0.25) is 15.9 Å². The van der Waals surface area contributed by atoms with Crippen molar-refractivity contribution in [2.24, 2.45) is 0 Å². The fourth-order valence-corrected chi connectivity index (χ4v) is 5.96. The molecule has 33 heavy (non-hydrogen) atoms. The number of anilines is 1. The van der Waals surface area contributed by atoms with Crippen LogP contribution in [-0.2, 0) is 24.3 Å². The summed E-state index contributed by atoms with van der Waals surface area (Å²) in [4.78, 5) is 25.5. The molecule has 0 saturated carbocycles. The molecule has 1 N–H and O–H groups in total. The number of aryl methyl sites for hydroxylation is 1. The fraction of sp³-hybridized carbons (Fsp3) is 0.364. The van der Waals surface area contributed by atoms with Crippen molar-refractivity contribution in [3.63, 3.8) is 0 Å². The van der Waals surface area contributed by atoms with Crippen LogP contribution in [0.3, 0.4) is 0 Å². The van der Waals surface area contributed by atoms with Gasteiger partial charge in [0.15, 0.2) is 0 Å². The third-order valence-electron chi connectivity index (χ3n) is 5.21. The van der Waals surface area contributed by atoms with Crippen molar-refractivity contribution in [1.82, 2.24) is 4.31 Å². The van der Waals surface area contributed by atoms with Gasteiger partial charge in [-0.3, -0.25) is 4.79 Å². The summed E-state index contributed by atoms with van der Waals surface area (Å²) in [6.45, 7) is 4.82. The quantitative estimate of drug-likeness (QED) is 0.465. The molecule has 1 aliphatic rings. The van der Waals surface area contributed by atoms with E-state index in [9.17, 15) is 18.0 Å². The maximum atomic E-state index is 13.1. The number of rotatable bonds is 7. The second-order valence-corrected chi connectivity index (χ2v) is 10.4. The summed E-state index contributed by atoms with van der Waals surface area (Å²) in [5.41, 5.74) is 1.58. The smallest absolute Gasteiger partial charge is 0.341 e. The lowest BCUT2D eigenvalue weighted by Gasteiger charge is -2.26. The van der Waals surface area contributed by atoms with Crippen LogP contribution in [0.4, 0.5) is 5.00 Å². The van der Waals surface area contributed by atoms with Crippen LogP contribution in [0, 0.1) is 13.8 Å². The summed E-state index contributed by atoms with van der Waals surface area (Å²) < 4.78 is 42.9. The minimum absolute atomic E-state index is 0.0203. The molecule has 1 aromatic carbocycles. The number of nitrogens with one attached hydrogen (secondary N) is 1. The molecular weight excluding hydrogens is 468 g/mol. The first kappa shape index (κ1) is 24.9. The SMILES string of the molecule is COC(=O)c1c(NC(=O)/C=C/c2ccc(OC)c(S(=O)(=O)N3CCOCC3)c2)sc(C)c1C. The van der Waals surface area contributed by atoms with Crippen LogP contribution in [0.25, 0.3) is 6.08 Å². The van der Waals surface area contributed by atoms with Gasteiger partial charge in [-0.25, -0.2) is 13.2 Å².